The van der Waals surface area contributed by atoms with Gasteiger partial charge in [0.2, 0.25) is 6.43 Å². The fourth-order valence-electron chi connectivity index (χ4n) is 2.31. The number of aromatic nitrogens is 1. The molecule has 0 bridgehead atoms. The molecule has 2 aromatic rings. The van der Waals surface area contributed by atoms with Crippen molar-refractivity contribution < 1.29 is 13.9 Å². The Labute approximate surface area is 111 Å². The topological polar surface area (TPSA) is 33.1 Å². The molecule has 0 aliphatic heterocycles. The van der Waals surface area contributed by atoms with Gasteiger partial charge in [-0.25, -0.2) is 13.8 Å². The van der Waals surface area contributed by atoms with Crippen molar-refractivity contribution in [2.75, 3.05) is 0 Å². The standard InChI is InChI=1S/C12H10ClF2NOS/c13-9-2-1-6-3-8(18-11(6)16-9)12(17)4-7(5-12)10(14)15/h1-3,7,10,17H,4-5H2. The van der Waals surface area contributed by atoms with E-state index in [1.54, 1.807) is 6.07 Å². The van der Waals surface area contributed by atoms with Gasteiger partial charge in [0.15, 0.2) is 0 Å². The minimum atomic E-state index is -2.35. The Kier molecular flexibility index (Phi) is 2.80. The zero-order valence-electron chi connectivity index (χ0n) is 9.24. The van der Waals surface area contributed by atoms with Crippen LogP contribution in [0.2, 0.25) is 5.15 Å². The minimum Gasteiger partial charge on any atom is -0.384 e. The normalized spacial score (nSPS) is 27.7. The number of alkyl halides is 2. The zero-order chi connectivity index (χ0) is 12.9. The van der Waals surface area contributed by atoms with Crippen LogP contribution >= 0.6 is 22.9 Å². The summed E-state index contributed by atoms with van der Waals surface area (Å²) in [5.41, 5.74) is -1.11. The van der Waals surface area contributed by atoms with Gasteiger partial charge >= 0.3 is 0 Å². The van der Waals surface area contributed by atoms with Crippen molar-refractivity contribution in [1.29, 1.82) is 0 Å². The largest absolute Gasteiger partial charge is 0.384 e. The van der Waals surface area contributed by atoms with Crippen LogP contribution in [0.5, 0.6) is 0 Å². The third-order valence-corrected chi connectivity index (χ3v) is 4.81. The SMILES string of the molecule is OC1(c2cc3ccc(Cl)nc3s2)CC(C(F)F)C1. The van der Waals surface area contributed by atoms with E-state index in [-0.39, 0.29) is 12.8 Å². The molecule has 0 radical (unpaired) electrons. The quantitative estimate of drug-likeness (QED) is 0.853. The fourth-order valence-corrected chi connectivity index (χ4v) is 3.65. The summed E-state index contributed by atoms with van der Waals surface area (Å²) in [5, 5.41) is 11.6. The van der Waals surface area contributed by atoms with Crippen LogP contribution in [0.1, 0.15) is 17.7 Å². The van der Waals surface area contributed by atoms with Gasteiger partial charge < -0.3 is 5.11 Å². The zero-order valence-corrected chi connectivity index (χ0v) is 10.8. The van der Waals surface area contributed by atoms with Crippen LogP contribution in [0.4, 0.5) is 8.78 Å². The van der Waals surface area contributed by atoms with Crippen LogP contribution in [0.15, 0.2) is 18.2 Å². The predicted molar refractivity (Wildman–Crippen MR) is 67.3 cm³/mol. The Morgan fingerprint density at radius 2 is 2.17 bits per heavy atom. The van der Waals surface area contributed by atoms with Crippen LogP contribution in [0.3, 0.4) is 0 Å². The molecular formula is C12H10ClF2NOS. The summed E-state index contributed by atoms with van der Waals surface area (Å²) >= 11 is 7.11. The number of thiophene rings is 1. The molecule has 1 aliphatic carbocycles. The Hall–Kier alpha value is -0.780. The first-order valence-corrected chi connectivity index (χ1v) is 6.74. The molecule has 96 valence electrons. The molecule has 1 fully saturated rings. The van der Waals surface area contributed by atoms with Gasteiger partial charge in [0.05, 0.1) is 5.60 Å². The first-order valence-electron chi connectivity index (χ1n) is 5.55. The molecule has 1 saturated carbocycles. The molecular weight excluding hydrogens is 280 g/mol. The maximum Gasteiger partial charge on any atom is 0.241 e. The summed E-state index contributed by atoms with van der Waals surface area (Å²) < 4.78 is 24.9. The molecule has 0 saturated heterocycles. The fraction of sp³-hybridized carbons (Fsp3) is 0.417. The molecule has 1 N–H and O–H groups in total. The first-order chi connectivity index (χ1) is 8.48. The number of hydrogen-bond acceptors (Lipinski definition) is 3. The number of hydrogen-bond donors (Lipinski definition) is 1. The van der Waals surface area contributed by atoms with E-state index in [1.165, 1.54) is 11.3 Å². The summed E-state index contributed by atoms with van der Waals surface area (Å²) in [4.78, 5) is 5.57. The van der Waals surface area contributed by atoms with Crippen LogP contribution in [0, 0.1) is 5.92 Å². The van der Waals surface area contributed by atoms with Crippen LogP contribution in [0.25, 0.3) is 10.2 Å². The minimum absolute atomic E-state index is 0.116. The highest BCUT2D eigenvalue weighted by atomic mass is 35.5. The van der Waals surface area contributed by atoms with Gasteiger partial charge in [-0.2, -0.15) is 0 Å². The van der Waals surface area contributed by atoms with Crippen LogP contribution < -0.4 is 0 Å². The Bertz CT molecular complexity index is 595. The van der Waals surface area contributed by atoms with E-state index in [9.17, 15) is 13.9 Å². The second kappa shape index (κ2) is 4.11. The molecule has 2 heterocycles. The number of rotatable bonds is 2. The summed E-state index contributed by atoms with van der Waals surface area (Å²) in [6.45, 7) is 0. The first kappa shape index (κ1) is 12.3. The van der Waals surface area contributed by atoms with Gasteiger partial charge in [-0.3, -0.25) is 0 Å². The van der Waals surface area contributed by atoms with E-state index in [4.69, 9.17) is 11.6 Å². The number of aliphatic hydroxyl groups is 1. The van der Waals surface area contributed by atoms with Crippen molar-refractivity contribution in [1.82, 2.24) is 4.98 Å². The van der Waals surface area contributed by atoms with Gasteiger partial charge in [0.25, 0.3) is 0 Å². The second-order valence-corrected chi connectivity index (χ2v) is 6.09. The third kappa shape index (κ3) is 1.90. The Balaban J connectivity index is 1.91. The van der Waals surface area contributed by atoms with Crippen molar-refractivity contribution >= 4 is 33.2 Å². The van der Waals surface area contributed by atoms with Gasteiger partial charge in [0, 0.05) is 16.2 Å². The van der Waals surface area contributed by atoms with Crippen molar-refractivity contribution in [2.24, 2.45) is 5.92 Å². The van der Waals surface area contributed by atoms with Crippen LogP contribution in [-0.4, -0.2) is 16.5 Å². The molecule has 0 aromatic carbocycles. The molecule has 0 atom stereocenters. The monoisotopic (exact) mass is 289 g/mol. The highest BCUT2D eigenvalue weighted by Crippen LogP contribution is 2.50. The van der Waals surface area contributed by atoms with Gasteiger partial charge in [-0.1, -0.05) is 11.6 Å². The molecule has 1 aliphatic rings. The van der Waals surface area contributed by atoms with Crippen molar-refractivity contribution in [3.05, 3.63) is 28.2 Å². The van der Waals surface area contributed by atoms with E-state index in [2.05, 4.69) is 4.98 Å². The molecule has 2 nitrogen and oxygen atoms in total. The number of nitrogens with zero attached hydrogens (tertiary/aromatic N) is 1. The van der Waals surface area contributed by atoms with Gasteiger partial charge in [-0.15, -0.1) is 11.3 Å². The lowest BCUT2D eigenvalue weighted by atomic mass is 9.70. The third-order valence-electron chi connectivity index (χ3n) is 3.36. The van der Waals surface area contributed by atoms with Crippen LogP contribution in [-0.2, 0) is 5.60 Å². The average molecular weight is 290 g/mol. The lowest BCUT2D eigenvalue weighted by Crippen LogP contribution is -2.43. The molecule has 18 heavy (non-hydrogen) atoms. The van der Waals surface area contributed by atoms with E-state index >= 15 is 0 Å². The smallest absolute Gasteiger partial charge is 0.241 e. The summed E-state index contributed by atoms with van der Waals surface area (Å²) in [5.74, 6) is -0.697. The van der Waals surface area contributed by atoms with E-state index in [1.807, 2.05) is 12.1 Å². The lowest BCUT2D eigenvalue weighted by molar-refractivity contribution is -0.124. The molecule has 0 amide bonds. The molecule has 6 heteroatoms. The second-order valence-electron chi connectivity index (χ2n) is 4.67. The summed E-state index contributed by atoms with van der Waals surface area (Å²) in [6.07, 6.45) is -2.12. The molecule has 0 spiro atoms. The van der Waals surface area contributed by atoms with E-state index < -0.39 is 17.9 Å². The number of halogens is 3. The van der Waals surface area contributed by atoms with Gasteiger partial charge in [-0.05, 0) is 31.0 Å². The summed E-state index contributed by atoms with van der Waals surface area (Å²) in [7, 11) is 0. The molecule has 0 unspecified atom stereocenters. The maximum atomic E-state index is 12.5. The highest BCUT2D eigenvalue weighted by molar-refractivity contribution is 7.18. The van der Waals surface area contributed by atoms with E-state index in [0.717, 1.165) is 10.2 Å². The molecule has 3 rings (SSSR count). The highest BCUT2D eigenvalue weighted by Gasteiger charge is 2.48. The Morgan fingerprint density at radius 1 is 1.44 bits per heavy atom. The average Bonchev–Trinajstić information content (AvgIpc) is 2.67. The predicted octanol–water partition coefficient (Wildman–Crippen LogP) is 3.81. The lowest BCUT2D eigenvalue weighted by Gasteiger charge is -2.42. The summed E-state index contributed by atoms with van der Waals surface area (Å²) in [6, 6.07) is 5.30. The van der Waals surface area contributed by atoms with Gasteiger partial charge in [0.1, 0.15) is 9.98 Å². The number of fused-ring (bicyclic) bond motifs is 1. The van der Waals surface area contributed by atoms with Crippen molar-refractivity contribution in [3.63, 3.8) is 0 Å². The van der Waals surface area contributed by atoms with Crippen molar-refractivity contribution in [3.8, 4) is 0 Å². The Morgan fingerprint density at radius 3 is 2.83 bits per heavy atom. The number of pyridine rings is 1. The molecule has 2 aromatic heterocycles. The van der Waals surface area contributed by atoms with Crippen molar-refractivity contribution in [2.45, 2.75) is 24.9 Å². The van der Waals surface area contributed by atoms with E-state index in [0.29, 0.717) is 10.0 Å². The maximum absolute atomic E-state index is 12.5.